The number of urea groups is 1. The Kier molecular flexibility index (Phi) is 5.15. The Morgan fingerprint density at radius 3 is 2.54 bits per heavy atom. The molecule has 10 nitrogen and oxygen atoms in total. The van der Waals surface area contributed by atoms with Gasteiger partial charge in [-0.15, -0.1) is 0 Å². The zero-order valence-electron chi connectivity index (χ0n) is 14.6. The van der Waals surface area contributed by atoms with Crippen LogP contribution in [0.2, 0.25) is 0 Å². The number of carboxylic acid groups (broad SMARTS) is 1. The number of ether oxygens (including phenoxy) is 1. The van der Waals surface area contributed by atoms with Crippen molar-refractivity contribution in [2.24, 2.45) is 5.41 Å². The number of nitro benzene ring substituents is 1. The topological polar surface area (TPSA) is 139 Å². The number of amides is 2. The molecule has 1 saturated heterocycles. The highest BCUT2D eigenvalue weighted by atomic mass is 16.6. The number of esters is 1. The van der Waals surface area contributed by atoms with Gasteiger partial charge in [-0.1, -0.05) is 0 Å². The Bertz CT molecular complexity index is 792. The summed E-state index contributed by atoms with van der Waals surface area (Å²) in [6, 6.07) is 1.78. The summed E-state index contributed by atoms with van der Waals surface area (Å²) >= 11 is 0. The van der Waals surface area contributed by atoms with E-state index < -0.39 is 28.3 Å². The van der Waals surface area contributed by atoms with E-state index in [-0.39, 0.29) is 35.6 Å². The van der Waals surface area contributed by atoms with E-state index in [2.05, 4.69) is 10.1 Å². The van der Waals surface area contributed by atoms with Crippen molar-refractivity contribution >= 4 is 29.3 Å². The molecule has 140 valence electrons. The summed E-state index contributed by atoms with van der Waals surface area (Å²) in [6.07, 6.45) is 0.303. The number of likely N-dealkylation sites (tertiary alicyclic amines) is 1. The van der Waals surface area contributed by atoms with Crippen LogP contribution in [0.1, 0.15) is 29.3 Å². The first kappa shape index (κ1) is 19.2. The number of nitrogens with one attached hydrogen (secondary N) is 1. The second kappa shape index (κ2) is 6.98. The number of anilines is 1. The molecule has 1 atom stereocenters. The van der Waals surface area contributed by atoms with E-state index >= 15 is 0 Å². The number of aliphatic carboxylic acids is 1. The lowest BCUT2D eigenvalue weighted by Crippen LogP contribution is -2.37. The molecule has 2 amide bonds. The van der Waals surface area contributed by atoms with Gasteiger partial charge in [0.1, 0.15) is 0 Å². The number of carbonyl (C=O) groups is 3. The van der Waals surface area contributed by atoms with Gasteiger partial charge in [0, 0.05) is 19.2 Å². The van der Waals surface area contributed by atoms with Crippen LogP contribution in [0.3, 0.4) is 0 Å². The Balaban J connectivity index is 2.30. The highest BCUT2D eigenvalue weighted by Crippen LogP contribution is 2.32. The maximum absolute atomic E-state index is 12.4. The summed E-state index contributed by atoms with van der Waals surface area (Å²) in [7, 11) is 1.14. The Morgan fingerprint density at radius 1 is 1.38 bits per heavy atom. The zero-order chi connectivity index (χ0) is 19.6. The van der Waals surface area contributed by atoms with Crippen LogP contribution >= 0.6 is 0 Å². The molecular formula is C16H19N3O7. The number of hydrogen-bond acceptors (Lipinski definition) is 6. The third-order valence-corrected chi connectivity index (χ3v) is 4.52. The number of hydrogen-bond donors (Lipinski definition) is 2. The fourth-order valence-corrected chi connectivity index (χ4v) is 2.76. The molecule has 1 aliphatic rings. The van der Waals surface area contributed by atoms with E-state index in [4.69, 9.17) is 0 Å². The van der Waals surface area contributed by atoms with Crippen LogP contribution in [-0.2, 0) is 9.53 Å². The molecular weight excluding hydrogens is 346 g/mol. The number of nitrogens with zero attached hydrogens (tertiary/aromatic N) is 2. The van der Waals surface area contributed by atoms with Gasteiger partial charge in [-0.25, -0.2) is 9.59 Å². The fourth-order valence-electron chi connectivity index (χ4n) is 2.76. The van der Waals surface area contributed by atoms with Crippen molar-refractivity contribution in [1.82, 2.24) is 4.90 Å². The molecule has 2 rings (SSSR count). The monoisotopic (exact) mass is 365 g/mol. The van der Waals surface area contributed by atoms with Gasteiger partial charge in [0.05, 0.1) is 34.3 Å². The minimum absolute atomic E-state index is 0.0198. The maximum Gasteiger partial charge on any atom is 0.338 e. The largest absolute Gasteiger partial charge is 0.481 e. The number of carboxylic acids is 1. The van der Waals surface area contributed by atoms with Crippen LogP contribution in [0, 0.1) is 22.5 Å². The molecule has 2 N–H and O–H groups in total. The molecule has 0 saturated carbocycles. The number of rotatable bonds is 4. The van der Waals surface area contributed by atoms with E-state index in [0.717, 1.165) is 13.2 Å². The number of nitro groups is 1. The van der Waals surface area contributed by atoms with Crippen LogP contribution in [-0.4, -0.2) is 53.1 Å². The first-order valence-electron chi connectivity index (χ1n) is 7.75. The maximum atomic E-state index is 12.4. The molecule has 0 radical (unpaired) electrons. The SMILES string of the molecule is COC(=O)c1cc(NC(=O)N2CCC(C)(C(=O)O)C2)c(C)c([N+](=O)[O-])c1. The number of carbonyl (C=O) groups excluding carboxylic acids is 2. The van der Waals surface area contributed by atoms with Gasteiger partial charge in [-0.3, -0.25) is 14.9 Å². The highest BCUT2D eigenvalue weighted by Gasteiger charge is 2.42. The van der Waals surface area contributed by atoms with Crippen molar-refractivity contribution in [3.63, 3.8) is 0 Å². The van der Waals surface area contributed by atoms with Crippen LogP contribution in [0.15, 0.2) is 12.1 Å². The van der Waals surface area contributed by atoms with Gasteiger partial charge in [0.15, 0.2) is 0 Å². The van der Waals surface area contributed by atoms with Gasteiger partial charge < -0.3 is 20.1 Å². The summed E-state index contributed by atoms with van der Waals surface area (Å²) in [5.74, 6) is -1.77. The highest BCUT2D eigenvalue weighted by molar-refractivity contribution is 5.96. The van der Waals surface area contributed by atoms with Gasteiger partial charge in [-0.05, 0) is 26.3 Å². The lowest BCUT2D eigenvalue weighted by molar-refractivity contribution is -0.385. The summed E-state index contributed by atoms with van der Waals surface area (Å²) < 4.78 is 4.57. The molecule has 1 heterocycles. The molecule has 0 spiro atoms. The second-order valence-electron chi connectivity index (χ2n) is 6.38. The molecule has 0 aromatic heterocycles. The third kappa shape index (κ3) is 3.58. The molecule has 0 bridgehead atoms. The summed E-state index contributed by atoms with van der Waals surface area (Å²) in [5.41, 5.74) is -1.17. The van der Waals surface area contributed by atoms with Crippen LogP contribution in [0.4, 0.5) is 16.2 Å². The molecule has 1 fully saturated rings. The molecule has 1 aromatic rings. The molecule has 1 unspecified atom stereocenters. The lowest BCUT2D eigenvalue weighted by atomic mass is 9.90. The molecule has 0 aliphatic carbocycles. The van der Waals surface area contributed by atoms with Crippen molar-refractivity contribution in [2.75, 3.05) is 25.5 Å². The van der Waals surface area contributed by atoms with Crippen molar-refractivity contribution < 1.29 is 29.2 Å². The smallest absolute Gasteiger partial charge is 0.338 e. The molecule has 10 heteroatoms. The van der Waals surface area contributed by atoms with E-state index in [0.29, 0.717) is 6.42 Å². The standard InChI is InChI=1S/C16H19N3O7/c1-9-11(6-10(13(20)26-3)7-12(9)19(24)25)17-15(23)18-5-4-16(2,8-18)14(21)22/h6-7H,4-5,8H2,1-3H3,(H,17,23)(H,21,22). The number of benzene rings is 1. The molecule has 1 aliphatic heterocycles. The van der Waals surface area contributed by atoms with E-state index in [1.807, 2.05) is 0 Å². The average molecular weight is 365 g/mol. The van der Waals surface area contributed by atoms with Crippen molar-refractivity contribution in [3.05, 3.63) is 33.4 Å². The Hall–Kier alpha value is -3.17. The quantitative estimate of drug-likeness (QED) is 0.472. The van der Waals surface area contributed by atoms with E-state index in [1.165, 1.54) is 17.9 Å². The molecule has 26 heavy (non-hydrogen) atoms. The predicted octanol–water partition coefficient (Wildman–Crippen LogP) is 2.02. The zero-order valence-corrected chi connectivity index (χ0v) is 14.6. The summed E-state index contributed by atoms with van der Waals surface area (Å²) in [6.45, 7) is 3.26. The van der Waals surface area contributed by atoms with Crippen molar-refractivity contribution in [1.29, 1.82) is 0 Å². The second-order valence-corrected chi connectivity index (χ2v) is 6.38. The molecule has 1 aromatic carbocycles. The Labute approximate surface area is 148 Å². The van der Waals surface area contributed by atoms with E-state index in [1.54, 1.807) is 6.92 Å². The lowest BCUT2D eigenvalue weighted by Gasteiger charge is -2.21. The predicted molar refractivity (Wildman–Crippen MR) is 90.1 cm³/mol. The van der Waals surface area contributed by atoms with Crippen molar-refractivity contribution in [3.8, 4) is 0 Å². The first-order valence-corrected chi connectivity index (χ1v) is 7.75. The van der Waals surface area contributed by atoms with Crippen molar-refractivity contribution in [2.45, 2.75) is 20.3 Å². The van der Waals surface area contributed by atoms with E-state index in [9.17, 15) is 29.6 Å². The Morgan fingerprint density at radius 2 is 2.04 bits per heavy atom. The fraction of sp³-hybridized carbons (Fsp3) is 0.438. The van der Waals surface area contributed by atoms with Gasteiger partial charge >= 0.3 is 18.0 Å². The first-order chi connectivity index (χ1) is 12.1. The average Bonchev–Trinajstić information content (AvgIpc) is 2.99. The van der Waals surface area contributed by atoms with Gasteiger partial charge in [0.25, 0.3) is 5.69 Å². The minimum Gasteiger partial charge on any atom is -0.481 e. The van der Waals surface area contributed by atoms with Crippen LogP contribution in [0.5, 0.6) is 0 Å². The van der Waals surface area contributed by atoms with Crippen LogP contribution in [0.25, 0.3) is 0 Å². The van der Waals surface area contributed by atoms with Gasteiger partial charge in [0.2, 0.25) is 0 Å². The minimum atomic E-state index is -1.04. The van der Waals surface area contributed by atoms with Gasteiger partial charge in [-0.2, -0.15) is 0 Å². The third-order valence-electron chi connectivity index (χ3n) is 4.52. The normalized spacial score (nSPS) is 19.1. The number of methoxy groups -OCH3 is 1. The van der Waals surface area contributed by atoms with Crippen LogP contribution < -0.4 is 5.32 Å². The summed E-state index contributed by atoms with van der Waals surface area (Å²) in [5, 5.41) is 23.0. The summed E-state index contributed by atoms with van der Waals surface area (Å²) in [4.78, 5) is 47.3.